The molecule has 4 aliphatic rings. The highest BCUT2D eigenvalue weighted by molar-refractivity contribution is 5.69. The third kappa shape index (κ3) is 11.7. The highest BCUT2D eigenvalue weighted by Crippen LogP contribution is 2.67. The van der Waals surface area contributed by atoms with E-state index in [1.54, 1.807) is 5.57 Å². The van der Waals surface area contributed by atoms with Gasteiger partial charge in [0.15, 0.2) is 0 Å². The van der Waals surface area contributed by atoms with Gasteiger partial charge in [0, 0.05) is 12.8 Å². The van der Waals surface area contributed by atoms with Crippen molar-refractivity contribution in [2.24, 2.45) is 52.3 Å². The number of allylic oxidation sites excluding steroid dienone is 11. The van der Waals surface area contributed by atoms with E-state index in [0.29, 0.717) is 17.3 Å². The molecule has 4 aliphatic carbocycles. The molecule has 52 heavy (non-hydrogen) atoms. The molecule has 0 aromatic carbocycles. The molecule has 0 saturated heterocycles. The van der Waals surface area contributed by atoms with Crippen LogP contribution < -0.4 is 0 Å². The predicted molar refractivity (Wildman–Crippen MR) is 225 cm³/mol. The van der Waals surface area contributed by atoms with Crippen LogP contribution in [0.1, 0.15) is 177 Å². The molecule has 0 radical (unpaired) electrons. The van der Waals surface area contributed by atoms with Crippen LogP contribution in [0.3, 0.4) is 0 Å². The molecule has 292 valence electrons. The van der Waals surface area contributed by atoms with Crippen molar-refractivity contribution < 1.29 is 9.53 Å². The molecule has 4 rings (SSSR count). The third-order valence-corrected chi connectivity index (χ3v) is 14.8. The number of ether oxygens (including phenoxy) is 1. The van der Waals surface area contributed by atoms with E-state index in [-0.39, 0.29) is 12.1 Å². The first kappa shape index (κ1) is 42.6. The molecule has 0 aromatic rings. The van der Waals surface area contributed by atoms with Gasteiger partial charge in [0.25, 0.3) is 0 Å². The first-order chi connectivity index (χ1) is 25.1. The summed E-state index contributed by atoms with van der Waals surface area (Å²) in [6, 6.07) is 0. The van der Waals surface area contributed by atoms with Gasteiger partial charge in [0.2, 0.25) is 0 Å². The van der Waals surface area contributed by atoms with Gasteiger partial charge in [-0.1, -0.05) is 159 Å². The normalized spacial score (nSPS) is 31.8. The number of carbonyl (C=O) groups is 1. The van der Waals surface area contributed by atoms with Crippen LogP contribution in [-0.4, -0.2) is 12.1 Å². The minimum Gasteiger partial charge on any atom is -0.462 e. The lowest BCUT2D eigenvalue weighted by Gasteiger charge is -2.58. The van der Waals surface area contributed by atoms with Gasteiger partial charge >= 0.3 is 5.97 Å². The molecule has 0 aromatic heterocycles. The van der Waals surface area contributed by atoms with Gasteiger partial charge < -0.3 is 4.74 Å². The zero-order valence-electron chi connectivity index (χ0n) is 34.9. The molecule has 0 amide bonds. The summed E-state index contributed by atoms with van der Waals surface area (Å²) in [6.45, 7) is 17.4. The summed E-state index contributed by atoms with van der Waals surface area (Å²) < 4.78 is 6.14. The number of fused-ring (bicyclic) bond motifs is 5. The molecule has 0 bridgehead atoms. The van der Waals surface area contributed by atoms with Crippen molar-refractivity contribution in [2.45, 2.75) is 183 Å². The molecule has 3 fully saturated rings. The molecule has 0 aliphatic heterocycles. The molecule has 2 nitrogen and oxygen atoms in total. The average molecular weight is 713 g/mol. The van der Waals surface area contributed by atoms with Crippen LogP contribution in [0.15, 0.2) is 72.4 Å². The lowest BCUT2D eigenvalue weighted by molar-refractivity contribution is -0.151. The maximum atomic E-state index is 12.9. The summed E-state index contributed by atoms with van der Waals surface area (Å²) >= 11 is 0. The highest BCUT2D eigenvalue weighted by Gasteiger charge is 2.59. The van der Waals surface area contributed by atoms with Crippen LogP contribution in [0, 0.1) is 52.3 Å². The Kier molecular flexibility index (Phi) is 17.8. The largest absolute Gasteiger partial charge is 0.462 e. The van der Waals surface area contributed by atoms with Crippen LogP contribution in [0.25, 0.3) is 0 Å². The van der Waals surface area contributed by atoms with Gasteiger partial charge in [-0.05, 0) is 129 Å². The minimum atomic E-state index is 0.0355. The number of unbranched alkanes of at least 4 members (excludes halogenated alkanes) is 6. The molecule has 2 heteroatoms. The summed E-state index contributed by atoms with van der Waals surface area (Å²) in [4.78, 5) is 12.9. The fraction of sp³-hybridized carbons (Fsp3) is 0.740. The molecule has 0 spiro atoms. The van der Waals surface area contributed by atoms with E-state index in [0.717, 1.165) is 80.0 Å². The van der Waals surface area contributed by atoms with E-state index >= 15 is 0 Å². The number of esters is 1. The van der Waals surface area contributed by atoms with Crippen LogP contribution >= 0.6 is 0 Å². The van der Waals surface area contributed by atoms with Crippen molar-refractivity contribution in [3.8, 4) is 0 Å². The Labute approximate surface area is 322 Å². The summed E-state index contributed by atoms with van der Waals surface area (Å²) in [6.07, 6.45) is 48.1. The topological polar surface area (TPSA) is 26.3 Å². The van der Waals surface area contributed by atoms with Gasteiger partial charge in [0.1, 0.15) is 6.10 Å². The predicted octanol–water partition coefficient (Wildman–Crippen LogP) is 14.9. The lowest BCUT2D eigenvalue weighted by Crippen LogP contribution is -2.51. The van der Waals surface area contributed by atoms with Crippen molar-refractivity contribution in [1.82, 2.24) is 0 Å². The Morgan fingerprint density at radius 1 is 0.788 bits per heavy atom. The molecule has 9 unspecified atom stereocenters. The van der Waals surface area contributed by atoms with Crippen molar-refractivity contribution in [3.05, 3.63) is 72.4 Å². The van der Waals surface area contributed by atoms with Crippen LogP contribution in [-0.2, 0) is 9.53 Å². The van der Waals surface area contributed by atoms with Crippen LogP contribution in [0.4, 0.5) is 0 Å². The minimum absolute atomic E-state index is 0.0355. The number of hydrogen-bond acceptors (Lipinski definition) is 2. The molecule has 9 atom stereocenters. The Bertz CT molecular complexity index is 1240. The van der Waals surface area contributed by atoms with Crippen molar-refractivity contribution >= 4 is 5.97 Å². The number of hydrogen-bond donors (Lipinski definition) is 0. The molecule has 3 saturated carbocycles. The summed E-state index contributed by atoms with van der Waals surface area (Å²) in [5.74, 6) is 6.07. The Morgan fingerprint density at radius 2 is 1.46 bits per heavy atom. The van der Waals surface area contributed by atoms with E-state index in [1.807, 2.05) is 0 Å². The Balaban J connectivity index is 1.12. The Morgan fingerprint density at radius 3 is 2.15 bits per heavy atom. The average Bonchev–Trinajstić information content (AvgIpc) is 3.48. The van der Waals surface area contributed by atoms with Crippen molar-refractivity contribution in [3.63, 3.8) is 0 Å². The molecular weight excluding hydrogens is 633 g/mol. The van der Waals surface area contributed by atoms with Crippen LogP contribution in [0.2, 0.25) is 0 Å². The second kappa shape index (κ2) is 21.7. The quantitative estimate of drug-likeness (QED) is 0.0512. The second-order valence-electron chi connectivity index (χ2n) is 18.4. The van der Waals surface area contributed by atoms with E-state index in [9.17, 15) is 4.79 Å². The smallest absolute Gasteiger partial charge is 0.306 e. The van der Waals surface area contributed by atoms with Gasteiger partial charge in [-0.2, -0.15) is 0 Å². The molecule has 0 heterocycles. The van der Waals surface area contributed by atoms with Crippen molar-refractivity contribution in [1.29, 1.82) is 0 Å². The van der Waals surface area contributed by atoms with E-state index < -0.39 is 0 Å². The van der Waals surface area contributed by atoms with Gasteiger partial charge in [-0.25, -0.2) is 0 Å². The number of carbonyl (C=O) groups excluding carboxylic acids is 1. The molecular formula is C50H80O2. The maximum Gasteiger partial charge on any atom is 0.306 e. The van der Waals surface area contributed by atoms with E-state index in [4.69, 9.17) is 4.74 Å². The zero-order valence-corrected chi connectivity index (χ0v) is 34.9. The first-order valence-corrected chi connectivity index (χ1v) is 22.3. The van der Waals surface area contributed by atoms with E-state index in [1.165, 1.54) is 83.5 Å². The first-order valence-electron chi connectivity index (χ1n) is 22.3. The summed E-state index contributed by atoms with van der Waals surface area (Å²) in [5, 5.41) is 0. The molecule has 0 N–H and O–H groups in total. The monoisotopic (exact) mass is 713 g/mol. The van der Waals surface area contributed by atoms with Gasteiger partial charge in [-0.3, -0.25) is 4.79 Å². The standard InChI is InChI=1S/C50H80O2/c1-8-10-11-12-13-14-15-16-17-18-19-20-21-22-23-24-25-26-27-48(51)52-43-34-36-49(6)42(38-43)30-31-44-46-33-32-45(50(46,7)37-35-47(44)49)40(5)28-29-41(9-2)39(3)4/h11-20,30,39-41,43-47H,8-10,21-29,31-38H2,1-7H3/b12-11+,14-13+,16-15+,18-17+,20-19+. The number of rotatable bonds is 21. The summed E-state index contributed by atoms with van der Waals surface area (Å²) in [7, 11) is 0. The zero-order chi connectivity index (χ0) is 37.4. The van der Waals surface area contributed by atoms with Crippen molar-refractivity contribution in [2.75, 3.05) is 0 Å². The van der Waals surface area contributed by atoms with Crippen LogP contribution in [0.5, 0.6) is 0 Å². The lowest BCUT2D eigenvalue weighted by atomic mass is 9.47. The van der Waals surface area contributed by atoms with Gasteiger partial charge in [-0.15, -0.1) is 0 Å². The summed E-state index contributed by atoms with van der Waals surface area (Å²) in [5.41, 5.74) is 2.48. The fourth-order valence-electron chi connectivity index (χ4n) is 11.6. The maximum absolute atomic E-state index is 12.9. The SMILES string of the molecule is CCC/C=C/C=C/C=C/C=C/C=C/CCCCCCCC(=O)OC1CCC2(C)C(=CCC3C2CCC2(C)C(C(C)CCC(CC)C(C)C)CCC32)C1. The van der Waals surface area contributed by atoms with Gasteiger partial charge in [0.05, 0.1) is 0 Å². The van der Waals surface area contributed by atoms with E-state index in [2.05, 4.69) is 115 Å². The fourth-order valence-corrected chi connectivity index (χ4v) is 11.6. The Hall–Kier alpha value is -2.09. The second-order valence-corrected chi connectivity index (χ2v) is 18.4. The highest BCUT2D eigenvalue weighted by atomic mass is 16.5. The third-order valence-electron chi connectivity index (χ3n) is 14.8.